The first kappa shape index (κ1) is 17.0. The minimum Gasteiger partial charge on any atom is -0.352 e. The minimum absolute atomic E-state index is 0.0419. The lowest BCUT2D eigenvalue weighted by atomic mass is 9.94. The quantitative estimate of drug-likeness (QED) is 0.866. The van der Waals surface area contributed by atoms with E-state index in [9.17, 15) is 9.59 Å². The zero-order valence-electron chi connectivity index (χ0n) is 14.3. The van der Waals surface area contributed by atoms with Gasteiger partial charge >= 0.3 is 6.03 Å². The molecule has 1 aliphatic heterocycles. The first-order valence-corrected chi connectivity index (χ1v) is 8.51. The number of fused-ring (bicyclic) bond motifs is 1. The van der Waals surface area contributed by atoms with Crippen molar-refractivity contribution in [1.82, 2.24) is 20.0 Å². The topological polar surface area (TPSA) is 93.2 Å². The Morgan fingerprint density at radius 1 is 1.36 bits per heavy atom. The fraction of sp³-hybridized carbons (Fsp3) is 0.389. The number of hydrogen-bond acceptors (Lipinski definition) is 3. The molecule has 7 heteroatoms. The van der Waals surface area contributed by atoms with Crippen LogP contribution in [0.25, 0.3) is 0 Å². The van der Waals surface area contributed by atoms with Gasteiger partial charge in [0.25, 0.3) is 0 Å². The van der Waals surface area contributed by atoms with E-state index >= 15 is 0 Å². The monoisotopic (exact) mass is 341 g/mol. The number of amides is 3. The van der Waals surface area contributed by atoms with E-state index in [0.717, 1.165) is 12.0 Å². The van der Waals surface area contributed by atoms with Gasteiger partial charge in [0, 0.05) is 25.5 Å². The Kier molecular flexibility index (Phi) is 5.02. The summed E-state index contributed by atoms with van der Waals surface area (Å²) in [4.78, 5) is 26.0. The average Bonchev–Trinajstić information content (AvgIpc) is 3.14. The molecule has 3 rings (SSSR count). The molecule has 2 atom stereocenters. The number of benzene rings is 1. The van der Waals surface area contributed by atoms with Crippen molar-refractivity contribution in [2.24, 2.45) is 5.73 Å². The van der Waals surface area contributed by atoms with E-state index in [4.69, 9.17) is 5.73 Å². The third-order valence-corrected chi connectivity index (χ3v) is 4.52. The molecular formula is C18H23N5O2. The van der Waals surface area contributed by atoms with Crippen LogP contribution in [0.3, 0.4) is 0 Å². The molecule has 0 fully saturated rings. The predicted octanol–water partition coefficient (Wildman–Crippen LogP) is 1.65. The SMILES string of the molecule is CCC[C@@H](NC(N)=O)C(=O)N1Cc2ccccc2[C@@H](n2cccn2)C1. The fourth-order valence-electron chi connectivity index (χ4n) is 3.38. The summed E-state index contributed by atoms with van der Waals surface area (Å²) < 4.78 is 1.87. The number of urea groups is 1. The molecule has 1 aromatic carbocycles. The van der Waals surface area contributed by atoms with Crippen LogP contribution in [0.2, 0.25) is 0 Å². The molecule has 0 radical (unpaired) electrons. The molecule has 132 valence electrons. The van der Waals surface area contributed by atoms with Gasteiger partial charge in [-0.2, -0.15) is 5.10 Å². The number of nitrogens with one attached hydrogen (secondary N) is 1. The number of aromatic nitrogens is 2. The highest BCUT2D eigenvalue weighted by atomic mass is 16.2. The first-order chi connectivity index (χ1) is 12.1. The third-order valence-electron chi connectivity index (χ3n) is 4.52. The van der Waals surface area contributed by atoms with E-state index in [1.165, 1.54) is 5.56 Å². The van der Waals surface area contributed by atoms with Crippen molar-refractivity contribution < 1.29 is 9.59 Å². The van der Waals surface area contributed by atoms with Crippen LogP contribution < -0.4 is 11.1 Å². The molecule has 25 heavy (non-hydrogen) atoms. The van der Waals surface area contributed by atoms with E-state index in [-0.39, 0.29) is 11.9 Å². The van der Waals surface area contributed by atoms with Crippen LogP contribution in [0.5, 0.6) is 0 Å². The molecule has 0 saturated carbocycles. The van der Waals surface area contributed by atoms with Gasteiger partial charge < -0.3 is 16.0 Å². The maximum Gasteiger partial charge on any atom is 0.312 e. The predicted molar refractivity (Wildman–Crippen MR) is 93.6 cm³/mol. The molecule has 0 bridgehead atoms. The van der Waals surface area contributed by atoms with Crippen LogP contribution in [0.1, 0.15) is 36.9 Å². The number of hydrogen-bond donors (Lipinski definition) is 2. The number of primary amides is 1. The highest BCUT2D eigenvalue weighted by molar-refractivity contribution is 5.86. The molecule has 1 aliphatic rings. The second-order valence-corrected chi connectivity index (χ2v) is 6.27. The van der Waals surface area contributed by atoms with Gasteiger partial charge in [-0.25, -0.2) is 4.79 Å². The lowest BCUT2D eigenvalue weighted by molar-refractivity contribution is -0.134. The highest BCUT2D eigenvalue weighted by Gasteiger charge is 2.32. The Balaban J connectivity index is 1.88. The number of rotatable bonds is 5. The summed E-state index contributed by atoms with van der Waals surface area (Å²) >= 11 is 0. The Hall–Kier alpha value is -2.83. The normalized spacial score (nSPS) is 17.6. The second-order valence-electron chi connectivity index (χ2n) is 6.27. The summed E-state index contributed by atoms with van der Waals surface area (Å²) in [6, 6.07) is 8.65. The number of nitrogens with two attached hydrogens (primary N) is 1. The summed E-state index contributed by atoms with van der Waals surface area (Å²) in [6.45, 7) is 3.01. The van der Waals surface area contributed by atoms with Crippen molar-refractivity contribution in [3.05, 3.63) is 53.9 Å². The van der Waals surface area contributed by atoms with Crippen molar-refractivity contribution >= 4 is 11.9 Å². The lowest BCUT2D eigenvalue weighted by Crippen LogP contribution is -2.52. The molecule has 1 aromatic heterocycles. The molecule has 7 nitrogen and oxygen atoms in total. The van der Waals surface area contributed by atoms with Crippen molar-refractivity contribution in [3.63, 3.8) is 0 Å². The van der Waals surface area contributed by atoms with Crippen LogP contribution in [0.15, 0.2) is 42.7 Å². The van der Waals surface area contributed by atoms with E-state index in [1.807, 2.05) is 42.1 Å². The van der Waals surface area contributed by atoms with Crippen LogP contribution in [0, 0.1) is 0 Å². The summed E-state index contributed by atoms with van der Waals surface area (Å²) in [6.07, 6.45) is 4.98. The largest absolute Gasteiger partial charge is 0.352 e. The summed E-state index contributed by atoms with van der Waals surface area (Å²) in [5, 5.41) is 6.93. The minimum atomic E-state index is -0.673. The Labute approximate surface area is 146 Å². The summed E-state index contributed by atoms with van der Waals surface area (Å²) in [5.41, 5.74) is 7.50. The Bertz CT molecular complexity index is 744. The van der Waals surface area contributed by atoms with Crippen LogP contribution in [0.4, 0.5) is 4.79 Å². The fourth-order valence-corrected chi connectivity index (χ4v) is 3.38. The second kappa shape index (κ2) is 7.38. The average molecular weight is 341 g/mol. The maximum atomic E-state index is 13.0. The molecule has 0 saturated heterocycles. The highest BCUT2D eigenvalue weighted by Crippen LogP contribution is 2.29. The zero-order chi connectivity index (χ0) is 17.8. The van der Waals surface area contributed by atoms with Gasteiger partial charge in [0.05, 0.1) is 6.04 Å². The van der Waals surface area contributed by atoms with Crippen LogP contribution in [-0.4, -0.2) is 39.2 Å². The van der Waals surface area contributed by atoms with Crippen molar-refractivity contribution in [1.29, 1.82) is 0 Å². The molecule has 3 amide bonds. The maximum absolute atomic E-state index is 13.0. The van der Waals surface area contributed by atoms with Gasteiger partial charge in [0.1, 0.15) is 6.04 Å². The zero-order valence-corrected chi connectivity index (χ0v) is 14.3. The van der Waals surface area contributed by atoms with Crippen LogP contribution >= 0.6 is 0 Å². The Morgan fingerprint density at radius 2 is 2.16 bits per heavy atom. The Morgan fingerprint density at radius 3 is 2.84 bits per heavy atom. The molecule has 2 aromatic rings. The third kappa shape index (κ3) is 3.65. The summed E-state index contributed by atoms with van der Waals surface area (Å²) in [7, 11) is 0. The molecule has 0 spiro atoms. The molecule has 0 aliphatic carbocycles. The van der Waals surface area contributed by atoms with Crippen molar-refractivity contribution in [2.45, 2.75) is 38.4 Å². The number of carbonyl (C=O) groups is 2. The van der Waals surface area contributed by atoms with E-state index in [0.29, 0.717) is 19.5 Å². The van der Waals surface area contributed by atoms with Crippen molar-refractivity contribution in [3.8, 4) is 0 Å². The van der Waals surface area contributed by atoms with Gasteiger partial charge in [-0.3, -0.25) is 9.48 Å². The van der Waals surface area contributed by atoms with Gasteiger partial charge in [-0.05, 0) is 23.6 Å². The lowest BCUT2D eigenvalue weighted by Gasteiger charge is -2.36. The van der Waals surface area contributed by atoms with Crippen molar-refractivity contribution in [2.75, 3.05) is 6.54 Å². The first-order valence-electron chi connectivity index (χ1n) is 8.51. The molecule has 3 N–H and O–H groups in total. The van der Waals surface area contributed by atoms with E-state index in [2.05, 4.69) is 16.5 Å². The summed E-state index contributed by atoms with van der Waals surface area (Å²) in [5.74, 6) is -0.104. The molecular weight excluding hydrogens is 318 g/mol. The van der Waals surface area contributed by atoms with E-state index in [1.54, 1.807) is 11.1 Å². The van der Waals surface area contributed by atoms with Gasteiger partial charge in [0.15, 0.2) is 0 Å². The number of nitrogens with zero attached hydrogens (tertiary/aromatic N) is 3. The van der Waals surface area contributed by atoms with E-state index < -0.39 is 12.1 Å². The van der Waals surface area contributed by atoms with Gasteiger partial charge in [-0.15, -0.1) is 0 Å². The molecule has 2 heterocycles. The van der Waals surface area contributed by atoms with Gasteiger partial charge in [-0.1, -0.05) is 37.6 Å². The van der Waals surface area contributed by atoms with Gasteiger partial charge in [0.2, 0.25) is 5.91 Å². The number of carbonyl (C=O) groups excluding carboxylic acids is 2. The molecule has 0 unspecified atom stereocenters. The smallest absolute Gasteiger partial charge is 0.312 e. The van der Waals surface area contributed by atoms with Crippen LogP contribution in [-0.2, 0) is 11.3 Å². The standard InChI is InChI=1S/C18H23N5O2/c1-2-6-15(21-18(19)25)17(24)22-11-13-7-3-4-8-14(13)16(12-22)23-10-5-9-20-23/h3-5,7-10,15-16H,2,6,11-12H2,1H3,(H3,19,21,25)/t15-,16+/m1/s1.